The average molecular weight is 239 g/mol. The van der Waals surface area contributed by atoms with Gasteiger partial charge in [-0.2, -0.15) is 4.98 Å². The van der Waals surface area contributed by atoms with Gasteiger partial charge in [-0.15, -0.1) is 5.10 Å². The van der Waals surface area contributed by atoms with Gasteiger partial charge in [-0.3, -0.25) is 5.10 Å². The highest BCUT2D eigenvalue weighted by molar-refractivity contribution is 5.30. The van der Waals surface area contributed by atoms with E-state index >= 15 is 0 Å². The lowest BCUT2D eigenvalue weighted by molar-refractivity contribution is 0.149. The molecular weight excluding hydrogens is 218 g/mol. The molecule has 17 heavy (non-hydrogen) atoms. The number of aromatic amines is 1. The third-order valence-corrected chi connectivity index (χ3v) is 2.86. The van der Waals surface area contributed by atoms with Crippen LogP contribution in [0.3, 0.4) is 0 Å². The zero-order chi connectivity index (χ0) is 12.1. The van der Waals surface area contributed by atoms with Crippen LogP contribution in [0.25, 0.3) is 0 Å². The second-order valence-electron chi connectivity index (χ2n) is 4.33. The molecule has 1 atom stereocenters. The standard InChI is InChI=1S/C11H21N5O/c1-3-17-7-4-10-13-11(15-14-10)16-6-5-12-9(2)8-16/h9,12H,3-8H2,1-2H3,(H,13,14,15)/t9-/m1/s1. The highest BCUT2D eigenvalue weighted by atomic mass is 16.5. The summed E-state index contributed by atoms with van der Waals surface area (Å²) in [7, 11) is 0. The molecular formula is C11H21N5O. The van der Waals surface area contributed by atoms with Gasteiger partial charge in [0, 0.05) is 38.7 Å². The molecule has 1 aromatic heterocycles. The number of anilines is 1. The van der Waals surface area contributed by atoms with Gasteiger partial charge in [-0.05, 0) is 13.8 Å². The highest BCUT2D eigenvalue weighted by Gasteiger charge is 2.18. The first kappa shape index (κ1) is 12.3. The summed E-state index contributed by atoms with van der Waals surface area (Å²) in [6.45, 7) is 8.53. The summed E-state index contributed by atoms with van der Waals surface area (Å²) in [6.07, 6.45) is 0.794. The lowest BCUT2D eigenvalue weighted by atomic mass is 10.2. The van der Waals surface area contributed by atoms with Crippen LogP contribution in [-0.4, -0.2) is 54.1 Å². The van der Waals surface area contributed by atoms with Crippen LogP contribution in [-0.2, 0) is 11.2 Å². The number of nitrogens with one attached hydrogen (secondary N) is 2. The fourth-order valence-corrected chi connectivity index (χ4v) is 1.97. The summed E-state index contributed by atoms with van der Waals surface area (Å²) in [5.41, 5.74) is 0. The second kappa shape index (κ2) is 5.97. The molecule has 6 heteroatoms. The number of piperazine rings is 1. The number of hydrogen-bond donors (Lipinski definition) is 2. The van der Waals surface area contributed by atoms with Crippen LogP contribution < -0.4 is 10.2 Å². The van der Waals surface area contributed by atoms with Gasteiger partial charge in [-0.25, -0.2) is 0 Å². The van der Waals surface area contributed by atoms with Crippen LogP contribution in [0.5, 0.6) is 0 Å². The van der Waals surface area contributed by atoms with E-state index in [1.807, 2.05) is 6.92 Å². The molecule has 0 aliphatic carbocycles. The monoisotopic (exact) mass is 239 g/mol. The van der Waals surface area contributed by atoms with Gasteiger partial charge in [0.2, 0.25) is 5.95 Å². The molecule has 0 spiro atoms. The minimum Gasteiger partial charge on any atom is -0.381 e. The summed E-state index contributed by atoms with van der Waals surface area (Å²) < 4.78 is 5.30. The lowest BCUT2D eigenvalue weighted by Gasteiger charge is -2.30. The van der Waals surface area contributed by atoms with Crippen molar-refractivity contribution in [1.29, 1.82) is 0 Å². The lowest BCUT2D eigenvalue weighted by Crippen LogP contribution is -2.49. The van der Waals surface area contributed by atoms with Crippen molar-refractivity contribution in [2.45, 2.75) is 26.3 Å². The van der Waals surface area contributed by atoms with Crippen LogP contribution >= 0.6 is 0 Å². The topological polar surface area (TPSA) is 66.1 Å². The highest BCUT2D eigenvalue weighted by Crippen LogP contribution is 2.10. The number of nitrogens with zero attached hydrogens (tertiary/aromatic N) is 3. The molecule has 1 saturated heterocycles. The van der Waals surface area contributed by atoms with Crippen LogP contribution in [0.4, 0.5) is 5.95 Å². The van der Waals surface area contributed by atoms with Gasteiger partial charge in [0.15, 0.2) is 0 Å². The van der Waals surface area contributed by atoms with E-state index in [9.17, 15) is 0 Å². The van der Waals surface area contributed by atoms with E-state index in [4.69, 9.17) is 4.74 Å². The number of hydrogen-bond acceptors (Lipinski definition) is 5. The van der Waals surface area contributed by atoms with E-state index in [1.165, 1.54) is 0 Å². The molecule has 2 rings (SSSR count). The SMILES string of the molecule is CCOCCc1nc(N2CCN[C@H](C)C2)n[nH]1. The van der Waals surface area contributed by atoms with Gasteiger partial charge in [0.05, 0.1) is 6.61 Å². The summed E-state index contributed by atoms with van der Waals surface area (Å²) >= 11 is 0. The van der Waals surface area contributed by atoms with Gasteiger partial charge < -0.3 is 15.0 Å². The Labute approximate surface area is 102 Å². The van der Waals surface area contributed by atoms with E-state index in [0.717, 1.165) is 44.4 Å². The fraction of sp³-hybridized carbons (Fsp3) is 0.818. The first-order valence-corrected chi connectivity index (χ1v) is 6.27. The molecule has 2 heterocycles. The zero-order valence-corrected chi connectivity index (χ0v) is 10.6. The maximum Gasteiger partial charge on any atom is 0.244 e. The first-order chi connectivity index (χ1) is 8.29. The molecule has 0 unspecified atom stereocenters. The largest absolute Gasteiger partial charge is 0.381 e. The van der Waals surface area contributed by atoms with Crippen LogP contribution in [0.1, 0.15) is 19.7 Å². The van der Waals surface area contributed by atoms with Crippen molar-refractivity contribution >= 4 is 5.95 Å². The Hall–Kier alpha value is -1.14. The summed E-state index contributed by atoms with van der Waals surface area (Å²) in [5.74, 6) is 1.71. The van der Waals surface area contributed by atoms with Gasteiger partial charge >= 0.3 is 0 Å². The van der Waals surface area contributed by atoms with Crippen molar-refractivity contribution in [1.82, 2.24) is 20.5 Å². The Kier molecular flexibility index (Phi) is 4.33. The Morgan fingerprint density at radius 1 is 1.53 bits per heavy atom. The predicted octanol–water partition coefficient (Wildman–Crippen LogP) is 0.182. The van der Waals surface area contributed by atoms with E-state index in [2.05, 4.69) is 32.3 Å². The maximum atomic E-state index is 5.30. The van der Waals surface area contributed by atoms with Gasteiger partial charge in [0.25, 0.3) is 0 Å². The number of ether oxygens (including phenoxy) is 1. The van der Waals surface area contributed by atoms with E-state index < -0.39 is 0 Å². The number of aromatic nitrogens is 3. The molecule has 2 N–H and O–H groups in total. The van der Waals surface area contributed by atoms with Crippen LogP contribution in [0.15, 0.2) is 0 Å². The number of rotatable bonds is 5. The fourth-order valence-electron chi connectivity index (χ4n) is 1.97. The van der Waals surface area contributed by atoms with Crippen LogP contribution in [0.2, 0.25) is 0 Å². The summed E-state index contributed by atoms with van der Waals surface area (Å²) in [4.78, 5) is 6.70. The molecule has 0 saturated carbocycles. The second-order valence-corrected chi connectivity index (χ2v) is 4.33. The predicted molar refractivity (Wildman–Crippen MR) is 66.3 cm³/mol. The molecule has 96 valence electrons. The molecule has 1 aliphatic rings. The Bertz CT molecular complexity index is 340. The molecule has 1 fully saturated rings. The van der Waals surface area contributed by atoms with Gasteiger partial charge in [0.1, 0.15) is 5.82 Å². The zero-order valence-electron chi connectivity index (χ0n) is 10.6. The molecule has 1 aliphatic heterocycles. The summed E-state index contributed by atoms with van der Waals surface area (Å²) in [6, 6.07) is 0.495. The molecule has 0 bridgehead atoms. The third kappa shape index (κ3) is 3.41. The van der Waals surface area contributed by atoms with Crippen LogP contribution in [0, 0.1) is 0 Å². The van der Waals surface area contributed by atoms with E-state index in [0.29, 0.717) is 12.6 Å². The first-order valence-electron chi connectivity index (χ1n) is 6.27. The average Bonchev–Trinajstić information content (AvgIpc) is 2.78. The van der Waals surface area contributed by atoms with Crippen molar-refractivity contribution in [2.24, 2.45) is 0 Å². The quantitative estimate of drug-likeness (QED) is 0.718. The third-order valence-electron chi connectivity index (χ3n) is 2.86. The van der Waals surface area contributed by atoms with Crippen molar-refractivity contribution < 1.29 is 4.74 Å². The maximum absolute atomic E-state index is 5.30. The Morgan fingerprint density at radius 3 is 3.18 bits per heavy atom. The van der Waals surface area contributed by atoms with E-state index in [-0.39, 0.29) is 0 Å². The minimum atomic E-state index is 0.495. The normalized spacial score (nSPS) is 20.8. The smallest absolute Gasteiger partial charge is 0.244 e. The minimum absolute atomic E-state index is 0.495. The Balaban J connectivity index is 1.88. The Morgan fingerprint density at radius 2 is 2.41 bits per heavy atom. The summed E-state index contributed by atoms with van der Waals surface area (Å²) in [5, 5.41) is 10.6. The molecule has 0 aromatic carbocycles. The van der Waals surface area contributed by atoms with E-state index in [1.54, 1.807) is 0 Å². The van der Waals surface area contributed by atoms with Crippen molar-refractivity contribution in [3.63, 3.8) is 0 Å². The molecule has 1 aromatic rings. The molecule has 0 radical (unpaired) electrons. The number of H-pyrrole nitrogens is 1. The molecule has 0 amide bonds. The van der Waals surface area contributed by atoms with Gasteiger partial charge in [-0.1, -0.05) is 0 Å². The van der Waals surface area contributed by atoms with Crippen molar-refractivity contribution in [2.75, 3.05) is 37.7 Å². The van der Waals surface area contributed by atoms with Crippen molar-refractivity contribution in [3.05, 3.63) is 5.82 Å². The van der Waals surface area contributed by atoms with Crippen molar-refractivity contribution in [3.8, 4) is 0 Å². The molecule has 6 nitrogen and oxygen atoms in total.